The molecule has 0 saturated heterocycles. The fourth-order valence-electron chi connectivity index (χ4n) is 3.07. The monoisotopic (exact) mass is 326 g/mol. The molecule has 5 N–H and O–H groups in total. The summed E-state index contributed by atoms with van der Waals surface area (Å²) in [5, 5.41) is 11.0. The van der Waals surface area contributed by atoms with Crippen LogP contribution in [0.5, 0.6) is 0 Å². The number of nitrogens with zero attached hydrogens (tertiary/aromatic N) is 3. The number of rotatable bonds is 2. The van der Waals surface area contributed by atoms with Crippen LogP contribution >= 0.6 is 23.2 Å². The molecule has 112 valence electrons. The zero-order valence-corrected chi connectivity index (χ0v) is 12.8. The standard InChI is InChI=1S/C13H16Cl2N6/c14-10-5-8(11(15)21-20-10)9-6-18-12(16)19-13(9,17)7-3-1-2-4-7/h5-7H,1-4,17H2,(H3,16,18,19). The highest BCUT2D eigenvalue weighted by molar-refractivity contribution is 6.32. The molecule has 0 radical (unpaired) electrons. The number of hydrogen-bond donors (Lipinski definition) is 3. The van der Waals surface area contributed by atoms with Crippen molar-refractivity contribution in [3.05, 3.63) is 28.1 Å². The molecular formula is C13H16Cl2N6. The second kappa shape index (κ2) is 5.44. The minimum Gasteiger partial charge on any atom is -0.370 e. The molecule has 1 atom stereocenters. The maximum Gasteiger partial charge on any atom is 0.194 e. The second-order valence-electron chi connectivity index (χ2n) is 5.38. The maximum atomic E-state index is 6.62. The molecule has 8 heteroatoms. The Morgan fingerprint density at radius 1 is 1.24 bits per heavy atom. The number of nitrogens with two attached hydrogens (primary N) is 2. The Morgan fingerprint density at radius 2 is 1.95 bits per heavy atom. The van der Waals surface area contributed by atoms with Gasteiger partial charge in [0.2, 0.25) is 0 Å². The van der Waals surface area contributed by atoms with E-state index in [0.717, 1.165) is 31.3 Å². The van der Waals surface area contributed by atoms with Gasteiger partial charge in [-0.3, -0.25) is 0 Å². The molecule has 3 rings (SSSR count). The molecule has 1 aliphatic heterocycles. The molecule has 1 aromatic heterocycles. The van der Waals surface area contributed by atoms with Gasteiger partial charge in [-0.05, 0) is 18.9 Å². The minimum atomic E-state index is -0.915. The largest absolute Gasteiger partial charge is 0.370 e. The summed E-state index contributed by atoms with van der Waals surface area (Å²) in [6.07, 6.45) is 6.04. The van der Waals surface area contributed by atoms with Crippen molar-refractivity contribution in [3.63, 3.8) is 0 Å². The van der Waals surface area contributed by atoms with Crippen LogP contribution in [-0.2, 0) is 0 Å². The molecule has 0 amide bonds. The van der Waals surface area contributed by atoms with E-state index in [1.54, 1.807) is 12.3 Å². The van der Waals surface area contributed by atoms with Gasteiger partial charge in [0.25, 0.3) is 0 Å². The number of hydrogen-bond acceptors (Lipinski definition) is 6. The smallest absolute Gasteiger partial charge is 0.194 e. The normalized spacial score (nSPS) is 26.2. The molecule has 6 nitrogen and oxygen atoms in total. The van der Waals surface area contributed by atoms with Crippen LogP contribution in [0.15, 0.2) is 17.3 Å². The molecule has 1 fully saturated rings. The van der Waals surface area contributed by atoms with Crippen LogP contribution in [-0.4, -0.2) is 21.8 Å². The fourth-order valence-corrected chi connectivity index (χ4v) is 3.41. The Kier molecular flexibility index (Phi) is 3.77. The van der Waals surface area contributed by atoms with E-state index in [0.29, 0.717) is 11.5 Å². The number of aliphatic imine (C=N–C) groups is 1. The van der Waals surface area contributed by atoms with Gasteiger partial charge in [-0.1, -0.05) is 36.0 Å². The third kappa shape index (κ3) is 2.59. The number of aromatic nitrogens is 2. The SMILES string of the molecule is NC1=NC(N)(C2CCCC2)C(c2cc(Cl)nnc2Cl)=CN1. The van der Waals surface area contributed by atoms with Crippen molar-refractivity contribution in [1.29, 1.82) is 0 Å². The molecular weight excluding hydrogens is 311 g/mol. The fraction of sp³-hybridized carbons (Fsp3) is 0.462. The van der Waals surface area contributed by atoms with Gasteiger partial charge < -0.3 is 16.8 Å². The third-order valence-electron chi connectivity index (χ3n) is 4.09. The maximum absolute atomic E-state index is 6.62. The Balaban J connectivity index is 2.08. The average molecular weight is 327 g/mol. The number of nitrogens with one attached hydrogen (secondary N) is 1. The third-order valence-corrected chi connectivity index (χ3v) is 4.55. The Labute approximate surface area is 132 Å². The zero-order valence-electron chi connectivity index (χ0n) is 11.3. The van der Waals surface area contributed by atoms with Crippen molar-refractivity contribution in [3.8, 4) is 0 Å². The van der Waals surface area contributed by atoms with E-state index in [4.69, 9.17) is 34.7 Å². The first-order chi connectivity index (χ1) is 10.0. The molecule has 1 aromatic rings. The molecule has 2 heterocycles. The van der Waals surface area contributed by atoms with Gasteiger partial charge in [-0.25, -0.2) is 4.99 Å². The van der Waals surface area contributed by atoms with Crippen molar-refractivity contribution < 1.29 is 0 Å². The van der Waals surface area contributed by atoms with Gasteiger partial charge in [0.15, 0.2) is 16.3 Å². The lowest BCUT2D eigenvalue weighted by molar-refractivity contribution is 0.360. The van der Waals surface area contributed by atoms with Crippen LogP contribution in [0.2, 0.25) is 10.3 Å². The van der Waals surface area contributed by atoms with E-state index in [1.165, 1.54) is 0 Å². The first-order valence-corrected chi connectivity index (χ1v) is 7.57. The van der Waals surface area contributed by atoms with Crippen LogP contribution in [0.1, 0.15) is 31.2 Å². The van der Waals surface area contributed by atoms with Crippen molar-refractivity contribution in [2.75, 3.05) is 0 Å². The molecule has 0 bridgehead atoms. The van der Waals surface area contributed by atoms with Gasteiger partial charge in [0.1, 0.15) is 5.66 Å². The summed E-state index contributed by atoms with van der Waals surface area (Å²) in [5.41, 5.74) is 12.9. The number of halogens is 2. The van der Waals surface area contributed by atoms with E-state index in [2.05, 4.69) is 20.5 Å². The lowest BCUT2D eigenvalue weighted by Gasteiger charge is -2.37. The molecule has 1 saturated carbocycles. The minimum absolute atomic E-state index is 0.215. The second-order valence-corrected chi connectivity index (χ2v) is 6.12. The summed E-state index contributed by atoms with van der Waals surface area (Å²) in [6, 6.07) is 1.65. The van der Waals surface area contributed by atoms with Crippen molar-refractivity contribution in [2.24, 2.45) is 22.4 Å². The highest BCUT2D eigenvalue weighted by Crippen LogP contribution is 2.43. The first-order valence-electron chi connectivity index (χ1n) is 6.81. The van der Waals surface area contributed by atoms with Crippen LogP contribution in [0.4, 0.5) is 0 Å². The van der Waals surface area contributed by atoms with Gasteiger partial charge >= 0.3 is 0 Å². The van der Waals surface area contributed by atoms with E-state index < -0.39 is 5.66 Å². The van der Waals surface area contributed by atoms with E-state index in [1.807, 2.05) is 0 Å². The first kappa shape index (κ1) is 14.6. The summed E-state index contributed by atoms with van der Waals surface area (Å²) in [6.45, 7) is 0. The molecule has 0 aromatic carbocycles. The molecule has 21 heavy (non-hydrogen) atoms. The summed E-state index contributed by atoms with van der Waals surface area (Å²) < 4.78 is 0. The Morgan fingerprint density at radius 3 is 2.67 bits per heavy atom. The number of guanidine groups is 1. The predicted octanol–water partition coefficient (Wildman–Crippen LogP) is 1.89. The zero-order chi connectivity index (χ0) is 15.0. The lowest BCUT2D eigenvalue weighted by atomic mass is 9.82. The van der Waals surface area contributed by atoms with Gasteiger partial charge in [0.05, 0.1) is 0 Å². The molecule has 2 aliphatic rings. The Bertz CT molecular complexity index is 623. The lowest BCUT2D eigenvalue weighted by Crippen LogP contribution is -2.51. The topological polar surface area (TPSA) is 102 Å². The van der Waals surface area contributed by atoms with Crippen molar-refractivity contribution >= 4 is 34.7 Å². The van der Waals surface area contributed by atoms with Crippen LogP contribution in [0.25, 0.3) is 5.57 Å². The van der Waals surface area contributed by atoms with Gasteiger partial charge in [-0.15, -0.1) is 10.2 Å². The van der Waals surface area contributed by atoms with Crippen molar-refractivity contribution in [2.45, 2.75) is 31.3 Å². The van der Waals surface area contributed by atoms with Crippen molar-refractivity contribution in [1.82, 2.24) is 15.5 Å². The highest BCUT2D eigenvalue weighted by Gasteiger charge is 2.43. The van der Waals surface area contributed by atoms with E-state index >= 15 is 0 Å². The summed E-state index contributed by atoms with van der Waals surface area (Å²) in [4.78, 5) is 4.47. The molecule has 1 unspecified atom stereocenters. The van der Waals surface area contributed by atoms with E-state index in [9.17, 15) is 0 Å². The van der Waals surface area contributed by atoms with E-state index in [-0.39, 0.29) is 16.2 Å². The van der Waals surface area contributed by atoms with Crippen LogP contribution in [0, 0.1) is 5.92 Å². The quantitative estimate of drug-likeness (QED) is 0.770. The Hall–Kier alpha value is -1.37. The molecule has 1 aliphatic carbocycles. The van der Waals surface area contributed by atoms with Crippen LogP contribution in [0.3, 0.4) is 0 Å². The van der Waals surface area contributed by atoms with Crippen LogP contribution < -0.4 is 16.8 Å². The summed E-state index contributed by atoms with van der Waals surface area (Å²) in [5.74, 6) is 0.518. The molecule has 0 spiro atoms. The summed E-state index contributed by atoms with van der Waals surface area (Å²) >= 11 is 12.1. The average Bonchev–Trinajstić information content (AvgIpc) is 2.97. The van der Waals surface area contributed by atoms with Gasteiger partial charge in [0, 0.05) is 23.3 Å². The highest BCUT2D eigenvalue weighted by atomic mass is 35.5. The predicted molar refractivity (Wildman–Crippen MR) is 83.7 cm³/mol. The summed E-state index contributed by atoms with van der Waals surface area (Å²) in [7, 11) is 0. The van der Waals surface area contributed by atoms with Gasteiger partial charge in [-0.2, -0.15) is 0 Å².